The number of rotatable bonds is 19. The van der Waals surface area contributed by atoms with Crippen molar-refractivity contribution in [2.45, 2.75) is 113 Å². The largest absolute Gasteiger partial charge is 0.502 e. The lowest BCUT2D eigenvalue weighted by Gasteiger charge is -2.15. The summed E-state index contributed by atoms with van der Waals surface area (Å²) >= 11 is 3.28. The standard InChI is InChI=1S/C24H24N2O6S.C22H22N2O5S.C14H13NO3.C8H10BrNO2S.C4H6O3/c1-17(27)25(2)33(29,30)22-9-7-18(8-10-22)15-32-24-16-31-21(11-23(24)28)14-26-12-19-5-3-4-6-20(19)13-26;1-23-30(26,27)20-8-6-16(7-9-20)14-29-22-15-28-19(10-21(22)25)13-24-11-17-4-2-3-5-18(17)12-24;16-13-5-12(18-9-14(13)17)8-15-6-10-3-1-2-4-11(10)7-15;1-10-13(11,12)8-4-2-7(6-9)3-5-8;1-3(5)7-4(2)6/h3-11,16H,12-15H2,1-2H3;2-10,15,23H,11-14H2,1H3;1-5,9,17H,6-8H2;2-5,10H,6H2,1H3;1-2H3. The number of amides is 1. The molecular weight excluding hydrogens is 1430 g/mol. The maximum Gasteiger partial charge on any atom is 0.310 e. The fourth-order valence-corrected chi connectivity index (χ4v) is 13.3. The van der Waals surface area contributed by atoms with E-state index in [-0.39, 0.29) is 51.1 Å². The highest BCUT2D eigenvalue weighted by molar-refractivity contribution is 9.08. The number of aromatic hydroxyl groups is 1. The van der Waals surface area contributed by atoms with E-state index in [1.807, 2.05) is 36.4 Å². The second-order valence-corrected chi connectivity index (χ2v) is 29.4. The maximum absolute atomic E-state index is 12.5. The third kappa shape index (κ3) is 22.2. The number of sulfonamides is 3. The molecule has 3 aliphatic heterocycles. The van der Waals surface area contributed by atoms with Gasteiger partial charge in [-0.15, -0.1) is 0 Å². The third-order valence-electron chi connectivity index (χ3n) is 15.7. The molecule has 6 aromatic carbocycles. The van der Waals surface area contributed by atoms with E-state index in [9.17, 15) is 54.0 Å². The maximum atomic E-state index is 12.5. The van der Waals surface area contributed by atoms with Crippen LogP contribution in [0, 0.1) is 0 Å². The number of carbonyl (C=O) groups is 3. The van der Waals surface area contributed by atoms with E-state index in [0.717, 1.165) is 62.0 Å². The van der Waals surface area contributed by atoms with Crippen LogP contribution in [0.25, 0.3) is 0 Å². The predicted octanol–water partition coefficient (Wildman–Crippen LogP) is 8.99. The van der Waals surface area contributed by atoms with Gasteiger partial charge in [0.15, 0.2) is 5.75 Å². The number of carbonyl (C=O) groups excluding carboxylic acids is 3. The minimum absolute atomic E-state index is 0.00289. The monoisotopic (exact) mass is 1500 g/mol. The van der Waals surface area contributed by atoms with E-state index in [2.05, 4.69) is 81.2 Å². The van der Waals surface area contributed by atoms with Gasteiger partial charge in [-0.1, -0.05) is 125 Å². The molecule has 0 atom stereocenters. The predicted molar refractivity (Wildman–Crippen MR) is 376 cm³/mol. The molecule has 12 rings (SSSR count). The van der Waals surface area contributed by atoms with Crippen molar-refractivity contribution < 1.29 is 72.2 Å². The average molecular weight is 1500 g/mol. The Morgan fingerprint density at radius 3 is 1.06 bits per heavy atom. The summed E-state index contributed by atoms with van der Waals surface area (Å²) in [6.07, 6.45) is 3.74. The molecule has 0 fully saturated rings. The normalized spacial score (nSPS) is 13.2. The third-order valence-corrected chi connectivity index (χ3v) is 21.0. The highest BCUT2D eigenvalue weighted by Gasteiger charge is 2.25. The van der Waals surface area contributed by atoms with Gasteiger partial charge in [0.05, 0.1) is 34.3 Å². The molecule has 3 aliphatic rings. The first-order chi connectivity index (χ1) is 48.1. The molecule has 3 N–H and O–H groups in total. The SMILES string of the molecule is CC(=O)N(C)S(=O)(=O)c1ccc(COc2coc(CN3Cc4ccccc4C3)cc2=O)cc1.CC(=O)OC(C)=O.CNS(=O)(=O)c1ccc(CBr)cc1.CNS(=O)(=O)c1ccc(COc2coc(CN3Cc4ccccc4C3)cc2=O)cc1.O=c1cc(CN2Cc3ccccc3C2)occ1O. The van der Waals surface area contributed by atoms with Crippen molar-refractivity contribution in [3.63, 3.8) is 0 Å². The molecule has 3 aromatic heterocycles. The Labute approximate surface area is 592 Å². The van der Waals surface area contributed by atoms with E-state index in [1.165, 1.54) is 130 Å². The minimum Gasteiger partial charge on any atom is -0.502 e. The molecule has 0 saturated heterocycles. The summed E-state index contributed by atoms with van der Waals surface area (Å²) in [6.45, 7) is 10.4. The molecule has 101 heavy (non-hydrogen) atoms. The molecule has 25 nitrogen and oxygen atoms in total. The first kappa shape index (κ1) is 77.1. The van der Waals surface area contributed by atoms with E-state index < -0.39 is 53.3 Å². The van der Waals surface area contributed by atoms with Crippen molar-refractivity contribution in [1.82, 2.24) is 28.4 Å². The number of ether oxygens (including phenoxy) is 3. The van der Waals surface area contributed by atoms with E-state index in [4.69, 9.17) is 27.8 Å². The average Bonchev–Trinajstić information content (AvgIpc) is 1.62. The van der Waals surface area contributed by atoms with Crippen LogP contribution in [0.4, 0.5) is 0 Å². The van der Waals surface area contributed by atoms with Crippen LogP contribution in [0.5, 0.6) is 17.2 Å². The number of hydrogen-bond donors (Lipinski definition) is 3. The van der Waals surface area contributed by atoms with Crippen molar-refractivity contribution in [2.75, 3.05) is 21.1 Å². The van der Waals surface area contributed by atoms with Crippen LogP contribution in [0.1, 0.15) is 88.1 Å². The van der Waals surface area contributed by atoms with Gasteiger partial charge in [0.1, 0.15) is 49.3 Å². The van der Waals surface area contributed by atoms with Gasteiger partial charge < -0.3 is 32.6 Å². The molecule has 29 heteroatoms. The van der Waals surface area contributed by atoms with Crippen molar-refractivity contribution in [1.29, 1.82) is 0 Å². The number of halogens is 1. The lowest BCUT2D eigenvalue weighted by Crippen LogP contribution is -2.31. The van der Waals surface area contributed by atoms with Gasteiger partial charge in [0.25, 0.3) is 10.0 Å². The molecule has 0 radical (unpaired) electrons. The molecule has 9 aromatic rings. The fourth-order valence-electron chi connectivity index (χ4n) is 10.4. The summed E-state index contributed by atoms with van der Waals surface area (Å²) < 4.78 is 108. The highest BCUT2D eigenvalue weighted by Crippen LogP contribution is 2.28. The number of fused-ring (bicyclic) bond motifs is 3. The Hall–Kier alpha value is -9.69. The number of hydrogen-bond acceptors (Lipinski definition) is 22. The van der Waals surface area contributed by atoms with Crippen LogP contribution in [0.2, 0.25) is 0 Å². The van der Waals surface area contributed by atoms with Crippen LogP contribution in [0.3, 0.4) is 0 Å². The molecule has 0 aliphatic carbocycles. The van der Waals surface area contributed by atoms with E-state index in [1.54, 1.807) is 48.5 Å². The number of nitrogens with zero attached hydrogens (tertiary/aromatic N) is 4. The smallest absolute Gasteiger partial charge is 0.310 e. The van der Waals surface area contributed by atoms with Gasteiger partial charge in [0.2, 0.25) is 53.7 Å². The summed E-state index contributed by atoms with van der Waals surface area (Å²) in [5.74, 6) is -0.126. The molecule has 0 unspecified atom stereocenters. The second-order valence-electron chi connectivity index (χ2n) is 23.1. The Bertz CT molecular complexity index is 4830. The van der Waals surface area contributed by atoms with Crippen molar-refractivity contribution >= 4 is 63.8 Å². The topological polar surface area (TPSA) is 329 Å². The Morgan fingerprint density at radius 1 is 0.475 bits per heavy atom. The molecule has 0 spiro atoms. The van der Waals surface area contributed by atoms with Crippen molar-refractivity contribution in [3.05, 3.63) is 281 Å². The molecule has 1 amide bonds. The summed E-state index contributed by atoms with van der Waals surface area (Å²) in [7, 11) is -6.69. The zero-order valence-electron chi connectivity index (χ0n) is 56.0. The summed E-state index contributed by atoms with van der Waals surface area (Å²) in [4.78, 5) is 74.2. The number of esters is 2. The molecule has 6 heterocycles. The van der Waals surface area contributed by atoms with Crippen LogP contribution in [-0.2, 0) is 127 Å². The van der Waals surface area contributed by atoms with Gasteiger partial charge in [-0.2, -0.15) is 0 Å². The Balaban J connectivity index is 0.000000174. The summed E-state index contributed by atoms with van der Waals surface area (Å²) in [5.41, 5.74) is 9.33. The summed E-state index contributed by atoms with van der Waals surface area (Å²) in [6, 6.07) is 48.0. The zero-order chi connectivity index (χ0) is 73.0. The Morgan fingerprint density at radius 2 is 0.782 bits per heavy atom. The molecule has 0 saturated carbocycles. The van der Waals surface area contributed by atoms with Gasteiger partial charge in [-0.05, 0) is 101 Å². The molecule has 532 valence electrons. The summed E-state index contributed by atoms with van der Waals surface area (Å²) in [5, 5.41) is 9.86. The van der Waals surface area contributed by atoms with Crippen LogP contribution in [-0.4, -0.2) is 88.4 Å². The first-order valence-electron chi connectivity index (χ1n) is 31.2. The molecular formula is C72H75BrN6O19S3. The fraction of sp³-hybridized carbons (Fsp3) is 0.250. The quantitative estimate of drug-likeness (QED) is 0.0386. The zero-order valence-corrected chi connectivity index (χ0v) is 60.0. The van der Waals surface area contributed by atoms with Crippen LogP contribution >= 0.6 is 15.9 Å². The Kier molecular flexibility index (Phi) is 27.1. The van der Waals surface area contributed by atoms with Crippen molar-refractivity contribution in [3.8, 4) is 17.2 Å². The van der Waals surface area contributed by atoms with Crippen LogP contribution < -0.4 is 35.2 Å². The van der Waals surface area contributed by atoms with Crippen molar-refractivity contribution in [2.24, 2.45) is 0 Å². The first-order valence-corrected chi connectivity index (χ1v) is 36.7. The minimum atomic E-state index is -3.89. The van der Waals surface area contributed by atoms with Gasteiger partial charge >= 0.3 is 11.9 Å². The van der Waals surface area contributed by atoms with Gasteiger partial charge in [-0.3, -0.25) is 43.5 Å². The number of benzene rings is 6. The highest BCUT2D eigenvalue weighted by atomic mass is 79.9. The van der Waals surface area contributed by atoms with E-state index >= 15 is 0 Å². The lowest BCUT2D eigenvalue weighted by molar-refractivity contribution is -0.156. The molecule has 0 bridgehead atoms. The lowest BCUT2D eigenvalue weighted by atomic mass is 10.1. The van der Waals surface area contributed by atoms with Crippen LogP contribution in [0.15, 0.2) is 225 Å². The second kappa shape index (κ2) is 35.6. The van der Waals surface area contributed by atoms with E-state index in [0.29, 0.717) is 51.7 Å². The number of nitrogens with one attached hydrogen (secondary N) is 2. The van der Waals surface area contributed by atoms with Gasteiger partial charge in [0, 0.05) is 90.6 Å². The number of alkyl halides is 1. The van der Waals surface area contributed by atoms with Gasteiger partial charge in [-0.25, -0.2) is 39.0 Å².